The van der Waals surface area contributed by atoms with Crippen LogP contribution < -0.4 is 5.32 Å². The van der Waals surface area contributed by atoms with E-state index in [-0.39, 0.29) is 5.97 Å². The molecule has 0 saturated heterocycles. The summed E-state index contributed by atoms with van der Waals surface area (Å²) in [5, 5.41) is 2.75. The summed E-state index contributed by atoms with van der Waals surface area (Å²) in [5.74, 6) is -0.343. The number of alkyl carbamates (subject to hydrolysis) is 1. The van der Waals surface area contributed by atoms with Crippen molar-refractivity contribution in [3.05, 3.63) is 59.7 Å². The minimum atomic E-state index is -0.491. The van der Waals surface area contributed by atoms with Gasteiger partial charge in [0.25, 0.3) is 0 Å². The number of ether oxygens (including phenoxy) is 2. The second-order valence-electron chi connectivity index (χ2n) is 6.94. The van der Waals surface area contributed by atoms with Crippen molar-refractivity contribution in [2.24, 2.45) is 0 Å². The normalized spacial score (nSPS) is 10.9. The highest BCUT2D eigenvalue weighted by molar-refractivity contribution is 5.89. The van der Waals surface area contributed by atoms with E-state index in [1.807, 2.05) is 57.2 Å². The zero-order valence-corrected chi connectivity index (χ0v) is 15.7. The van der Waals surface area contributed by atoms with E-state index in [0.717, 1.165) is 23.1 Å². The molecule has 0 fully saturated rings. The lowest BCUT2D eigenvalue weighted by atomic mass is 10.0. The van der Waals surface area contributed by atoms with E-state index < -0.39 is 11.7 Å². The lowest BCUT2D eigenvalue weighted by Crippen LogP contribution is -2.33. The number of hydrogen-bond acceptors (Lipinski definition) is 4. The first-order valence-corrected chi connectivity index (χ1v) is 8.53. The molecule has 0 radical (unpaired) electrons. The summed E-state index contributed by atoms with van der Waals surface area (Å²) in [5.41, 5.74) is 3.24. The van der Waals surface area contributed by atoms with Crippen LogP contribution in [0.25, 0.3) is 11.1 Å². The Hall–Kier alpha value is -2.82. The molecule has 0 spiro atoms. The van der Waals surface area contributed by atoms with E-state index in [0.29, 0.717) is 12.1 Å². The van der Waals surface area contributed by atoms with Gasteiger partial charge in [0, 0.05) is 6.54 Å². The zero-order valence-electron chi connectivity index (χ0n) is 15.7. The summed E-state index contributed by atoms with van der Waals surface area (Å²) in [6.45, 7) is 6.02. The van der Waals surface area contributed by atoms with Gasteiger partial charge in [-0.1, -0.05) is 36.4 Å². The maximum Gasteiger partial charge on any atom is 0.407 e. The number of nitrogens with one attached hydrogen (secondary N) is 1. The van der Waals surface area contributed by atoms with Crippen LogP contribution in [-0.2, 0) is 15.9 Å². The maximum atomic E-state index is 11.6. The number of methoxy groups -OCH3 is 1. The summed E-state index contributed by atoms with van der Waals surface area (Å²) < 4.78 is 9.90. The average molecular weight is 355 g/mol. The first-order chi connectivity index (χ1) is 12.3. The van der Waals surface area contributed by atoms with Crippen molar-refractivity contribution in [2.75, 3.05) is 13.7 Å². The molecule has 0 heterocycles. The molecule has 26 heavy (non-hydrogen) atoms. The van der Waals surface area contributed by atoms with E-state index >= 15 is 0 Å². The molecule has 1 amide bonds. The molecule has 0 aromatic heterocycles. The molecule has 2 aromatic rings. The van der Waals surface area contributed by atoms with Crippen molar-refractivity contribution < 1.29 is 19.1 Å². The topological polar surface area (TPSA) is 64.6 Å². The molecule has 0 saturated carbocycles. The van der Waals surface area contributed by atoms with Crippen LogP contribution in [0, 0.1) is 0 Å². The fourth-order valence-electron chi connectivity index (χ4n) is 2.40. The highest BCUT2D eigenvalue weighted by atomic mass is 16.6. The molecular weight excluding hydrogens is 330 g/mol. The Morgan fingerprint density at radius 3 is 1.96 bits per heavy atom. The average Bonchev–Trinajstić information content (AvgIpc) is 2.60. The molecule has 0 aliphatic heterocycles. The third-order valence-corrected chi connectivity index (χ3v) is 3.68. The van der Waals surface area contributed by atoms with Crippen molar-refractivity contribution in [2.45, 2.75) is 32.8 Å². The number of hydrogen-bond donors (Lipinski definition) is 1. The molecular formula is C21H25NO4. The Labute approximate surface area is 154 Å². The maximum absolute atomic E-state index is 11.6. The fraction of sp³-hybridized carbons (Fsp3) is 0.333. The Morgan fingerprint density at radius 2 is 1.46 bits per heavy atom. The van der Waals surface area contributed by atoms with Gasteiger partial charge >= 0.3 is 12.1 Å². The van der Waals surface area contributed by atoms with Gasteiger partial charge in [0.15, 0.2) is 0 Å². The molecule has 0 unspecified atom stereocenters. The standard InChI is InChI=1S/C21H25NO4/c1-21(2,3)26-20(24)22-14-13-15-5-7-16(8-6-15)17-9-11-18(12-10-17)19(23)25-4/h5-12H,13-14H2,1-4H3,(H,22,24). The molecule has 2 aromatic carbocycles. The minimum absolute atomic E-state index is 0.343. The zero-order chi connectivity index (χ0) is 19.2. The van der Waals surface area contributed by atoms with Crippen LogP contribution in [0.5, 0.6) is 0 Å². The highest BCUT2D eigenvalue weighted by Gasteiger charge is 2.15. The van der Waals surface area contributed by atoms with Gasteiger partial charge in [0.1, 0.15) is 5.60 Å². The van der Waals surface area contributed by atoms with Gasteiger partial charge < -0.3 is 14.8 Å². The van der Waals surface area contributed by atoms with Crippen LogP contribution in [0.4, 0.5) is 4.79 Å². The van der Waals surface area contributed by atoms with E-state index in [9.17, 15) is 9.59 Å². The lowest BCUT2D eigenvalue weighted by molar-refractivity contribution is 0.0527. The van der Waals surface area contributed by atoms with Gasteiger partial charge in [-0.2, -0.15) is 0 Å². The van der Waals surface area contributed by atoms with E-state index in [2.05, 4.69) is 5.32 Å². The molecule has 2 rings (SSSR count). The van der Waals surface area contributed by atoms with Crippen LogP contribution >= 0.6 is 0 Å². The summed E-state index contributed by atoms with van der Waals surface area (Å²) in [6.07, 6.45) is 0.320. The Balaban J connectivity index is 1.90. The van der Waals surface area contributed by atoms with Crippen LogP contribution in [0.1, 0.15) is 36.7 Å². The number of esters is 1. The first kappa shape index (κ1) is 19.5. The van der Waals surface area contributed by atoms with Crippen molar-refractivity contribution in [3.63, 3.8) is 0 Å². The van der Waals surface area contributed by atoms with Crippen molar-refractivity contribution >= 4 is 12.1 Å². The quantitative estimate of drug-likeness (QED) is 0.816. The van der Waals surface area contributed by atoms with Gasteiger partial charge in [-0.25, -0.2) is 9.59 Å². The number of rotatable bonds is 5. The van der Waals surface area contributed by atoms with Gasteiger partial charge in [-0.15, -0.1) is 0 Å². The molecule has 0 aliphatic carbocycles. The third kappa shape index (κ3) is 5.92. The molecule has 0 bridgehead atoms. The third-order valence-electron chi connectivity index (χ3n) is 3.68. The smallest absolute Gasteiger partial charge is 0.407 e. The number of carbonyl (C=O) groups is 2. The van der Waals surface area contributed by atoms with E-state index in [1.54, 1.807) is 12.1 Å². The summed E-state index contributed by atoms with van der Waals surface area (Å²) in [6, 6.07) is 15.4. The number of amides is 1. The highest BCUT2D eigenvalue weighted by Crippen LogP contribution is 2.21. The molecule has 5 heteroatoms. The number of carbonyl (C=O) groups excluding carboxylic acids is 2. The van der Waals surface area contributed by atoms with E-state index in [4.69, 9.17) is 9.47 Å². The lowest BCUT2D eigenvalue weighted by Gasteiger charge is -2.19. The largest absolute Gasteiger partial charge is 0.465 e. The Kier molecular flexibility index (Phi) is 6.39. The van der Waals surface area contributed by atoms with Crippen LogP contribution in [0.3, 0.4) is 0 Å². The SMILES string of the molecule is COC(=O)c1ccc(-c2ccc(CCNC(=O)OC(C)(C)C)cc2)cc1. The van der Waals surface area contributed by atoms with Crippen molar-refractivity contribution in [3.8, 4) is 11.1 Å². The monoisotopic (exact) mass is 355 g/mol. The van der Waals surface area contributed by atoms with Crippen LogP contribution in [-0.4, -0.2) is 31.3 Å². The molecule has 138 valence electrons. The number of benzene rings is 2. The minimum Gasteiger partial charge on any atom is -0.465 e. The van der Waals surface area contributed by atoms with Crippen LogP contribution in [0.15, 0.2) is 48.5 Å². The second-order valence-corrected chi connectivity index (χ2v) is 6.94. The molecule has 1 N–H and O–H groups in total. The molecule has 0 atom stereocenters. The summed E-state index contributed by atoms with van der Waals surface area (Å²) in [7, 11) is 1.37. The Bertz CT molecular complexity index is 743. The predicted octanol–water partition coefficient (Wildman–Crippen LogP) is 4.21. The van der Waals surface area contributed by atoms with Gasteiger partial charge in [-0.05, 0) is 56.0 Å². The van der Waals surface area contributed by atoms with E-state index in [1.165, 1.54) is 7.11 Å². The molecule has 0 aliphatic rings. The van der Waals surface area contributed by atoms with Gasteiger partial charge in [-0.3, -0.25) is 0 Å². The molecule has 5 nitrogen and oxygen atoms in total. The Morgan fingerprint density at radius 1 is 0.923 bits per heavy atom. The van der Waals surface area contributed by atoms with Crippen molar-refractivity contribution in [1.82, 2.24) is 5.32 Å². The van der Waals surface area contributed by atoms with Crippen LogP contribution in [0.2, 0.25) is 0 Å². The summed E-state index contributed by atoms with van der Waals surface area (Å²) in [4.78, 5) is 23.1. The van der Waals surface area contributed by atoms with Gasteiger partial charge in [0.2, 0.25) is 0 Å². The fourth-order valence-corrected chi connectivity index (χ4v) is 2.40. The van der Waals surface area contributed by atoms with Gasteiger partial charge in [0.05, 0.1) is 12.7 Å². The first-order valence-electron chi connectivity index (χ1n) is 8.53. The van der Waals surface area contributed by atoms with Crippen molar-refractivity contribution in [1.29, 1.82) is 0 Å². The summed E-state index contributed by atoms with van der Waals surface area (Å²) >= 11 is 0. The second kappa shape index (κ2) is 8.52. The predicted molar refractivity (Wildman–Crippen MR) is 101 cm³/mol.